The van der Waals surface area contributed by atoms with E-state index < -0.39 is 0 Å². The van der Waals surface area contributed by atoms with Gasteiger partial charge in [0.15, 0.2) is 0 Å². The summed E-state index contributed by atoms with van der Waals surface area (Å²) in [5.74, 6) is -0.176. The molecule has 7 heteroatoms. The van der Waals surface area contributed by atoms with Crippen LogP contribution in [0.3, 0.4) is 0 Å². The Kier molecular flexibility index (Phi) is 5.84. The van der Waals surface area contributed by atoms with Gasteiger partial charge in [-0.25, -0.2) is 0 Å². The highest BCUT2D eigenvalue weighted by atomic mass is 35.5. The summed E-state index contributed by atoms with van der Waals surface area (Å²) in [6.45, 7) is 3.16. The highest BCUT2D eigenvalue weighted by Gasteiger charge is 2.27. The molecule has 1 amide bonds. The number of amides is 1. The summed E-state index contributed by atoms with van der Waals surface area (Å²) in [5.41, 5.74) is 0.494. The van der Waals surface area contributed by atoms with E-state index in [0.29, 0.717) is 28.9 Å². The number of aliphatic hydroxyl groups excluding tert-OH is 1. The quantitative estimate of drug-likeness (QED) is 0.885. The second kappa shape index (κ2) is 7.42. The van der Waals surface area contributed by atoms with E-state index in [2.05, 4.69) is 5.32 Å². The van der Waals surface area contributed by atoms with Crippen LogP contribution in [0.4, 0.5) is 5.69 Å². The third-order valence-corrected chi connectivity index (χ3v) is 3.95. The number of halogens is 2. The predicted molar refractivity (Wildman–Crippen MR) is 83.0 cm³/mol. The van der Waals surface area contributed by atoms with Crippen molar-refractivity contribution in [3.8, 4) is 0 Å². The topological polar surface area (TPSA) is 61.8 Å². The molecule has 21 heavy (non-hydrogen) atoms. The molecule has 2 rings (SSSR count). The van der Waals surface area contributed by atoms with E-state index in [1.165, 1.54) is 0 Å². The second-order valence-corrected chi connectivity index (χ2v) is 5.93. The summed E-state index contributed by atoms with van der Waals surface area (Å²) in [6, 6.07) is 5.03. The Morgan fingerprint density at radius 1 is 1.52 bits per heavy atom. The molecule has 5 nitrogen and oxygen atoms in total. The van der Waals surface area contributed by atoms with Gasteiger partial charge in [0.05, 0.1) is 36.6 Å². The lowest BCUT2D eigenvalue weighted by molar-refractivity contribution is -0.122. The molecule has 0 spiro atoms. The van der Waals surface area contributed by atoms with Crippen LogP contribution in [0.15, 0.2) is 18.2 Å². The molecule has 1 aromatic rings. The minimum absolute atomic E-state index is 0.0506. The van der Waals surface area contributed by atoms with E-state index in [9.17, 15) is 4.79 Å². The SMILES string of the molecule is CC1COC(CO)CN1CC(=O)Nc1cc(Cl)ccc1Cl. The minimum atomic E-state index is -0.247. The third kappa shape index (κ3) is 4.56. The van der Waals surface area contributed by atoms with Crippen LogP contribution in [-0.4, -0.2) is 54.4 Å². The maximum absolute atomic E-state index is 12.1. The van der Waals surface area contributed by atoms with Gasteiger partial charge >= 0.3 is 0 Å². The van der Waals surface area contributed by atoms with E-state index in [-0.39, 0.29) is 31.2 Å². The molecule has 116 valence electrons. The molecule has 1 aromatic carbocycles. The Hall–Kier alpha value is -0.850. The van der Waals surface area contributed by atoms with Crippen molar-refractivity contribution in [2.45, 2.75) is 19.1 Å². The van der Waals surface area contributed by atoms with Gasteiger partial charge in [0.2, 0.25) is 5.91 Å². The van der Waals surface area contributed by atoms with Crippen molar-refractivity contribution in [3.05, 3.63) is 28.2 Å². The third-order valence-electron chi connectivity index (χ3n) is 3.39. The number of nitrogens with one attached hydrogen (secondary N) is 1. The molecular formula is C14H18Cl2N2O3. The molecule has 1 heterocycles. The Balaban J connectivity index is 1.96. The van der Waals surface area contributed by atoms with Crippen LogP contribution in [0.1, 0.15) is 6.92 Å². The number of aliphatic hydroxyl groups is 1. The van der Waals surface area contributed by atoms with Gasteiger partial charge in [0.1, 0.15) is 0 Å². The van der Waals surface area contributed by atoms with Gasteiger partial charge in [-0.3, -0.25) is 9.69 Å². The van der Waals surface area contributed by atoms with E-state index in [4.69, 9.17) is 33.0 Å². The standard InChI is InChI=1S/C14H18Cl2N2O3/c1-9-8-21-11(7-19)5-18(9)6-14(20)17-13-4-10(15)2-3-12(13)16/h2-4,9,11,19H,5-8H2,1H3,(H,17,20). The van der Waals surface area contributed by atoms with Crippen molar-refractivity contribution in [1.82, 2.24) is 4.90 Å². The molecule has 0 aliphatic carbocycles. The predicted octanol–water partition coefficient (Wildman–Crippen LogP) is 2.01. The lowest BCUT2D eigenvalue weighted by atomic mass is 10.2. The van der Waals surface area contributed by atoms with Crippen molar-refractivity contribution in [2.24, 2.45) is 0 Å². The average Bonchev–Trinajstić information content (AvgIpc) is 2.45. The Morgan fingerprint density at radius 2 is 2.29 bits per heavy atom. The van der Waals surface area contributed by atoms with Crippen LogP contribution in [-0.2, 0) is 9.53 Å². The number of morpholine rings is 1. The lowest BCUT2D eigenvalue weighted by Crippen LogP contribution is -2.51. The number of carbonyl (C=O) groups is 1. The molecule has 1 aliphatic heterocycles. The van der Waals surface area contributed by atoms with E-state index >= 15 is 0 Å². The van der Waals surface area contributed by atoms with Crippen molar-refractivity contribution >= 4 is 34.8 Å². The van der Waals surface area contributed by atoms with Crippen LogP contribution in [0.5, 0.6) is 0 Å². The summed E-state index contributed by atoms with van der Waals surface area (Å²) in [7, 11) is 0. The van der Waals surface area contributed by atoms with Gasteiger partial charge in [0.25, 0.3) is 0 Å². The smallest absolute Gasteiger partial charge is 0.238 e. The maximum atomic E-state index is 12.1. The number of carbonyl (C=O) groups excluding carboxylic acids is 1. The van der Waals surface area contributed by atoms with Gasteiger partial charge in [-0.05, 0) is 25.1 Å². The van der Waals surface area contributed by atoms with Crippen LogP contribution >= 0.6 is 23.2 Å². The molecule has 1 fully saturated rings. The van der Waals surface area contributed by atoms with Crippen LogP contribution in [0, 0.1) is 0 Å². The van der Waals surface area contributed by atoms with Crippen molar-refractivity contribution in [1.29, 1.82) is 0 Å². The van der Waals surface area contributed by atoms with Gasteiger partial charge < -0.3 is 15.2 Å². The fourth-order valence-corrected chi connectivity index (χ4v) is 2.51. The summed E-state index contributed by atoms with van der Waals surface area (Å²) in [6.07, 6.45) is -0.247. The number of nitrogens with zero attached hydrogens (tertiary/aromatic N) is 1. The van der Waals surface area contributed by atoms with Crippen molar-refractivity contribution < 1.29 is 14.6 Å². The maximum Gasteiger partial charge on any atom is 0.238 e. The zero-order chi connectivity index (χ0) is 15.4. The lowest BCUT2D eigenvalue weighted by Gasteiger charge is -2.36. The van der Waals surface area contributed by atoms with Crippen LogP contribution in [0.25, 0.3) is 0 Å². The fraction of sp³-hybridized carbons (Fsp3) is 0.500. The second-order valence-electron chi connectivity index (χ2n) is 5.09. The first-order chi connectivity index (χ1) is 9.99. The minimum Gasteiger partial charge on any atom is -0.394 e. The number of hydrogen-bond acceptors (Lipinski definition) is 4. The van der Waals surface area contributed by atoms with Gasteiger partial charge in [-0.2, -0.15) is 0 Å². The average molecular weight is 333 g/mol. The highest BCUT2D eigenvalue weighted by molar-refractivity contribution is 6.35. The van der Waals surface area contributed by atoms with Crippen molar-refractivity contribution in [3.63, 3.8) is 0 Å². The fourth-order valence-electron chi connectivity index (χ4n) is 2.17. The molecule has 0 saturated carbocycles. The van der Waals surface area contributed by atoms with Gasteiger partial charge in [-0.1, -0.05) is 23.2 Å². The largest absolute Gasteiger partial charge is 0.394 e. The number of hydrogen-bond donors (Lipinski definition) is 2. The zero-order valence-electron chi connectivity index (χ0n) is 11.7. The first kappa shape index (κ1) is 16.5. The first-order valence-corrected chi connectivity index (χ1v) is 7.46. The molecule has 0 aromatic heterocycles. The van der Waals surface area contributed by atoms with Crippen molar-refractivity contribution in [2.75, 3.05) is 31.6 Å². The Morgan fingerprint density at radius 3 is 3.00 bits per heavy atom. The van der Waals surface area contributed by atoms with E-state index in [1.54, 1.807) is 18.2 Å². The Bertz CT molecular complexity index is 513. The zero-order valence-corrected chi connectivity index (χ0v) is 13.2. The van der Waals surface area contributed by atoms with E-state index in [1.807, 2.05) is 11.8 Å². The van der Waals surface area contributed by atoms with Gasteiger partial charge in [-0.15, -0.1) is 0 Å². The molecule has 2 N–H and O–H groups in total. The van der Waals surface area contributed by atoms with E-state index in [0.717, 1.165) is 0 Å². The highest BCUT2D eigenvalue weighted by Crippen LogP contribution is 2.25. The summed E-state index contributed by atoms with van der Waals surface area (Å²) < 4.78 is 5.44. The summed E-state index contributed by atoms with van der Waals surface area (Å²) >= 11 is 11.9. The molecule has 2 atom stereocenters. The molecular weight excluding hydrogens is 315 g/mol. The molecule has 1 saturated heterocycles. The molecule has 1 aliphatic rings. The first-order valence-electron chi connectivity index (χ1n) is 6.71. The molecule has 0 bridgehead atoms. The van der Waals surface area contributed by atoms with Crippen LogP contribution < -0.4 is 5.32 Å². The monoisotopic (exact) mass is 332 g/mol. The Labute approximate surface area is 133 Å². The number of anilines is 1. The molecule has 0 radical (unpaired) electrons. The molecule has 2 unspecified atom stereocenters. The summed E-state index contributed by atoms with van der Waals surface area (Å²) in [4.78, 5) is 14.1. The normalized spacial score (nSPS) is 23.0. The summed E-state index contributed by atoms with van der Waals surface area (Å²) in [5, 5.41) is 12.8. The number of ether oxygens (including phenoxy) is 1. The number of benzene rings is 1. The van der Waals surface area contributed by atoms with Crippen LogP contribution in [0.2, 0.25) is 10.0 Å². The van der Waals surface area contributed by atoms with Gasteiger partial charge in [0, 0.05) is 17.6 Å². The number of rotatable bonds is 4.